The van der Waals surface area contributed by atoms with Crippen molar-refractivity contribution in [2.45, 2.75) is 90.1 Å². The van der Waals surface area contributed by atoms with Gasteiger partial charge in [-0.25, -0.2) is 0 Å². The SMILES string of the molecule is CC(C)C(=O)N1CCCC1C(=O)NC1CCC(CNC(=O)C2CC3(CC3)C2)CC1. The molecule has 6 nitrogen and oxygen atoms in total. The van der Waals surface area contributed by atoms with Crippen LogP contribution in [0.25, 0.3) is 0 Å². The molecule has 2 N–H and O–H groups in total. The first-order valence-electron chi connectivity index (χ1n) is 11.8. The van der Waals surface area contributed by atoms with Crippen molar-refractivity contribution < 1.29 is 14.4 Å². The monoisotopic (exact) mass is 403 g/mol. The smallest absolute Gasteiger partial charge is 0.243 e. The molecule has 6 heteroatoms. The Morgan fingerprint density at radius 1 is 1.00 bits per heavy atom. The largest absolute Gasteiger partial charge is 0.356 e. The minimum absolute atomic E-state index is 0.0206. The molecule has 3 aliphatic carbocycles. The topological polar surface area (TPSA) is 78.5 Å². The lowest BCUT2D eigenvalue weighted by Gasteiger charge is -2.35. The number of nitrogens with one attached hydrogen (secondary N) is 2. The third-order valence-electron chi connectivity index (χ3n) is 7.78. The Hall–Kier alpha value is -1.59. The number of rotatable bonds is 6. The van der Waals surface area contributed by atoms with E-state index in [4.69, 9.17) is 0 Å². The highest BCUT2D eigenvalue weighted by molar-refractivity contribution is 5.89. The van der Waals surface area contributed by atoms with Gasteiger partial charge >= 0.3 is 0 Å². The van der Waals surface area contributed by atoms with Gasteiger partial charge in [0.1, 0.15) is 6.04 Å². The van der Waals surface area contributed by atoms with E-state index in [1.807, 2.05) is 13.8 Å². The molecule has 0 aromatic carbocycles. The first kappa shape index (κ1) is 20.7. The summed E-state index contributed by atoms with van der Waals surface area (Å²) in [5.74, 6) is 1.08. The second-order valence-electron chi connectivity index (χ2n) is 10.4. The fraction of sp³-hybridized carbons (Fsp3) is 0.870. The van der Waals surface area contributed by atoms with Crippen LogP contribution in [0.2, 0.25) is 0 Å². The highest BCUT2D eigenvalue weighted by Gasteiger charge is 2.54. The van der Waals surface area contributed by atoms with Crippen LogP contribution in [0.5, 0.6) is 0 Å². The summed E-state index contributed by atoms with van der Waals surface area (Å²) >= 11 is 0. The minimum Gasteiger partial charge on any atom is -0.356 e. The summed E-state index contributed by atoms with van der Waals surface area (Å²) in [4.78, 5) is 39.1. The number of hydrogen-bond acceptors (Lipinski definition) is 3. The highest BCUT2D eigenvalue weighted by atomic mass is 16.2. The molecule has 4 rings (SSSR count). The van der Waals surface area contributed by atoms with Gasteiger partial charge in [-0.05, 0) is 75.5 Å². The van der Waals surface area contributed by atoms with E-state index in [1.54, 1.807) is 4.90 Å². The molecule has 162 valence electrons. The first-order valence-corrected chi connectivity index (χ1v) is 11.8. The molecule has 1 heterocycles. The summed E-state index contributed by atoms with van der Waals surface area (Å²) in [6.45, 7) is 5.27. The number of nitrogens with zero attached hydrogens (tertiary/aromatic N) is 1. The van der Waals surface area contributed by atoms with E-state index in [2.05, 4.69) is 10.6 Å². The van der Waals surface area contributed by atoms with Gasteiger partial charge in [0.25, 0.3) is 0 Å². The van der Waals surface area contributed by atoms with Gasteiger partial charge in [0.2, 0.25) is 17.7 Å². The maximum absolute atomic E-state index is 12.8. The number of carbonyl (C=O) groups excluding carboxylic acids is 3. The minimum atomic E-state index is -0.292. The Bertz CT molecular complexity index is 642. The molecule has 0 aromatic rings. The average Bonchev–Trinajstić information content (AvgIpc) is 3.34. The Morgan fingerprint density at radius 2 is 1.69 bits per heavy atom. The van der Waals surface area contributed by atoms with Crippen LogP contribution in [-0.4, -0.2) is 47.8 Å². The second kappa shape index (κ2) is 8.27. The van der Waals surface area contributed by atoms with Crippen molar-refractivity contribution in [2.75, 3.05) is 13.1 Å². The van der Waals surface area contributed by atoms with Gasteiger partial charge in [-0.2, -0.15) is 0 Å². The molecule has 3 amide bonds. The molecule has 0 radical (unpaired) electrons. The van der Waals surface area contributed by atoms with Crippen LogP contribution < -0.4 is 10.6 Å². The number of carbonyl (C=O) groups is 3. The van der Waals surface area contributed by atoms with E-state index in [0.717, 1.165) is 57.9 Å². The third-order valence-corrected chi connectivity index (χ3v) is 7.78. The van der Waals surface area contributed by atoms with Crippen LogP contribution in [0.4, 0.5) is 0 Å². The maximum atomic E-state index is 12.8. The Kier molecular flexibility index (Phi) is 5.90. The Labute approximate surface area is 174 Å². The summed E-state index contributed by atoms with van der Waals surface area (Å²) in [6, 6.07) is -0.0911. The van der Waals surface area contributed by atoms with Gasteiger partial charge in [0.15, 0.2) is 0 Å². The third kappa shape index (κ3) is 4.61. The van der Waals surface area contributed by atoms with Crippen molar-refractivity contribution in [2.24, 2.45) is 23.2 Å². The Morgan fingerprint density at radius 3 is 2.31 bits per heavy atom. The van der Waals surface area contributed by atoms with Crippen molar-refractivity contribution in [3.05, 3.63) is 0 Å². The quantitative estimate of drug-likeness (QED) is 0.716. The molecule has 4 fully saturated rings. The van der Waals surface area contributed by atoms with E-state index < -0.39 is 0 Å². The van der Waals surface area contributed by atoms with Crippen LogP contribution in [-0.2, 0) is 14.4 Å². The predicted molar refractivity (Wildman–Crippen MR) is 111 cm³/mol. The summed E-state index contributed by atoms with van der Waals surface area (Å²) < 4.78 is 0. The van der Waals surface area contributed by atoms with E-state index in [0.29, 0.717) is 17.9 Å². The summed E-state index contributed by atoms with van der Waals surface area (Å²) in [6.07, 6.45) is 10.6. The zero-order valence-corrected chi connectivity index (χ0v) is 18.0. The predicted octanol–water partition coefficient (Wildman–Crippen LogP) is 2.61. The molecule has 1 saturated heterocycles. The molecule has 1 unspecified atom stereocenters. The van der Waals surface area contributed by atoms with Gasteiger partial charge in [-0.15, -0.1) is 0 Å². The zero-order valence-electron chi connectivity index (χ0n) is 18.0. The molecular formula is C23H37N3O3. The molecule has 29 heavy (non-hydrogen) atoms. The van der Waals surface area contributed by atoms with Gasteiger partial charge < -0.3 is 15.5 Å². The van der Waals surface area contributed by atoms with E-state index >= 15 is 0 Å². The van der Waals surface area contributed by atoms with Crippen molar-refractivity contribution in [3.63, 3.8) is 0 Å². The number of likely N-dealkylation sites (tertiary alicyclic amines) is 1. The van der Waals surface area contributed by atoms with Crippen LogP contribution in [0.15, 0.2) is 0 Å². The highest BCUT2D eigenvalue weighted by Crippen LogP contribution is 2.63. The van der Waals surface area contributed by atoms with E-state index in [1.165, 1.54) is 12.8 Å². The van der Waals surface area contributed by atoms with Gasteiger partial charge in [-0.3, -0.25) is 14.4 Å². The Balaban J connectivity index is 1.15. The van der Waals surface area contributed by atoms with Crippen LogP contribution in [0, 0.1) is 23.2 Å². The lowest BCUT2D eigenvalue weighted by Crippen LogP contribution is -2.50. The second-order valence-corrected chi connectivity index (χ2v) is 10.4. The average molecular weight is 404 g/mol. The van der Waals surface area contributed by atoms with E-state index in [-0.39, 0.29) is 41.6 Å². The molecule has 1 aliphatic heterocycles. The zero-order chi connectivity index (χ0) is 20.6. The van der Waals surface area contributed by atoms with Crippen molar-refractivity contribution >= 4 is 17.7 Å². The van der Waals surface area contributed by atoms with Crippen LogP contribution in [0.3, 0.4) is 0 Å². The summed E-state index contributed by atoms with van der Waals surface area (Å²) in [7, 11) is 0. The molecule has 1 atom stereocenters. The lowest BCUT2D eigenvalue weighted by molar-refractivity contribution is -0.141. The van der Waals surface area contributed by atoms with E-state index in [9.17, 15) is 14.4 Å². The molecular weight excluding hydrogens is 366 g/mol. The standard InChI is InChI=1S/C23H37N3O3/c1-15(2)22(29)26-11-3-4-19(26)21(28)25-18-7-5-16(6-8-18)14-24-20(27)17-12-23(13-17)9-10-23/h15-19H,3-14H2,1-2H3,(H,24,27)(H,25,28). The summed E-state index contributed by atoms with van der Waals surface area (Å²) in [5.41, 5.74) is 0.576. The van der Waals surface area contributed by atoms with Crippen LogP contribution >= 0.6 is 0 Å². The van der Waals surface area contributed by atoms with Gasteiger partial charge in [-0.1, -0.05) is 13.8 Å². The van der Waals surface area contributed by atoms with Gasteiger partial charge in [0, 0.05) is 31.0 Å². The molecule has 3 saturated carbocycles. The number of amides is 3. The molecule has 1 spiro atoms. The summed E-state index contributed by atoms with van der Waals surface area (Å²) in [5, 5.41) is 6.38. The van der Waals surface area contributed by atoms with Crippen molar-refractivity contribution in [3.8, 4) is 0 Å². The van der Waals surface area contributed by atoms with Crippen LogP contribution in [0.1, 0.15) is 78.1 Å². The van der Waals surface area contributed by atoms with Crippen molar-refractivity contribution in [1.82, 2.24) is 15.5 Å². The molecule has 4 aliphatic rings. The fourth-order valence-electron chi connectivity index (χ4n) is 5.59. The van der Waals surface area contributed by atoms with Gasteiger partial charge in [0.05, 0.1) is 0 Å². The normalized spacial score (nSPS) is 30.9. The lowest BCUT2D eigenvalue weighted by atomic mass is 9.71. The van der Waals surface area contributed by atoms with Crippen molar-refractivity contribution in [1.29, 1.82) is 0 Å². The fourth-order valence-corrected chi connectivity index (χ4v) is 5.59. The molecule has 0 aromatic heterocycles. The molecule has 0 bridgehead atoms. The number of hydrogen-bond donors (Lipinski definition) is 2. The maximum Gasteiger partial charge on any atom is 0.243 e. The first-order chi connectivity index (χ1) is 13.9.